The Morgan fingerprint density at radius 1 is 1.00 bits per heavy atom. The topological polar surface area (TPSA) is 66.9 Å². The Kier molecular flexibility index (Phi) is 9.00. The fourth-order valence-corrected chi connectivity index (χ4v) is 2.57. The summed E-state index contributed by atoms with van der Waals surface area (Å²) in [5.74, 6) is 1.66. The average Bonchev–Trinajstić information content (AvgIpc) is 2.71. The number of hydrogen-bond donors (Lipinski definition) is 3. The summed E-state index contributed by atoms with van der Waals surface area (Å²) in [4.78, 5) is 4.67. The van der Waals surface area contributed by atoms with Crippen LogP contribution in [-0.2, 0) is 17.8 Å². The van der Waals surface area contributed by atoms with Crippen LogP contribution in [0.15, 0.2) is 53.5 Å². The summed E-state index contributed by atoms with van der Waals surface area (Å²) in [6, 6.07) is 16.3. The molecule has 2 rings (SSSR count). The van der Waals surface area contributed by atoms with E-state index in [1.54, 1.807) is 14.2 Å². The highest BCUT2D eigenvalue weighted by atomic mass is 16.5. The van der Waals surface area contributed by atoms with Crippen molar-refractivity contribution in [1.82, 2.24) is 10.6 Å². The van der Waals surface area contributed by atoms with E-state index >= 15 is 0 Å². The van der Waals surface area contributed by atoms with Crippen molar-refractivity contribution in [3.05, 3.63) is 59.7 Å². The molecule has 2 aromatic carbocycles. The Morgan fingerprint density at radius 3 is 2.48 bits per heavy atom. The van der Waals surface area contributed by atoms with Crippen molar-refractivity contribution < 1.29 is 9.47 Å². The highest BCUT2D eigenvalue weighted by molar-refractivity contribution is 5.79. The van der Waals surface area contributed by atoms with E-state index in [1.807, 2.05) is 24.3 Å². The first-order valence-electron chi connectivity index (χ1n) is 9.22. The number of ether oxygens (including phenoxy) is 2. The number of aliphatic imine (C=N–C) groups is 1. The minimum atomic E-state index is 0.611. The SMILES string of the molecule is CCNC(=NCc1ccc(NCCOC)cc1)NCc1ccccc1OC. The van der Waals surface area contributed by atoms with Crippen molar-refractivity contribution in [2.75, 3.05) is 39.2 Å². The smallest absolute Gasteiger partial charge is 0.191 e. The molecule has 0 unspecified atom stereocenters. The molecule has 0 atom stereocenters. The Labute approximate surface area is 162 Å². The lowest BCUT2D eigenvalue weighted by Gasteiger charge is -2.13. The highest BCUT2D eigenvalue weighted by Crippen LogP contribution is 2.16. The molecule has 0 saturated heterocycles. The second-order valence-corrected chi connectivity index (χ2v) is 5.98. The minimum Gasteiger partial charge on any atom is -0.496 e. The van der Waals surface area contributed by atoms with Crippen LogP contribution in [0.25, 0.3) is 0 Å². The summed E-state index contributed by atoms with van der Waals surface area (Å²) in [5.41, 5.74) is 3.33. The second-order valence-electron chi connectivity index (χ2n) is 5.98. The Hall–Kier alpha value is -2.73. The summed E-state index contributed by atoms with van der Waals surface area (Å²) in [7, 11) is 3.39. The van der Waals surface area contributed by atoms with Crippen LogP contribution in [0.1, 0.15) is 18.1 Å². The number of para-hydroxylation sites is 1. The number of nitrogens with zero attached hydrogens (tertiary/aromatic N) is 1. The van der Waals surface area contributed by atoms with E-state index in [2.05, 4.69) is 52.1 Å². The van der Waals surface area contributed by atoms with E-state index < -0.39 is 0 Å². The van der Waals surface area contributed by atoms with Gasteiger partial charge >= 0.3 is 0 Å². The molecule has 0 heterocycles. The summed E-state index contributed by atoms with van der Waals surface area (Å²) < 4.78 is 10.4. The number of guanidine groups is 1. The van der Waals surface area contributed by atoms with E-state index in [4.69, 9.17) is 9.47 Å². The van der Waals surface area contributed by atoms with Gasteiger partial charge in [0.1, 0.15) is 5.75 Å². The summed E-state index contributed by atoms with van der Waals surface area (Å²) >= 11 is 0. The maximum Gasteiger partial charge on any atom is 0.191 e. The molecule has 0 radical (unpaired) electrons. The largest absolute Gasteiger partial charge is 0.496 e. The fraction of sp³-hybridized carbons (Fsp3) is 0.381. The van der Waals surface area contributed by atoms with Crippen LogP contribution in [0, 0.1) is 0 Å². The first-order valence-corrected chi connectivity index (χ1v) is 9.22. The maximum atomic E-state index is 5.40. The van der Waals surface area contributed by atoms with Gasteiger partial charge in [0.25, 0.3) is 0 Å². The third kappa shape index (κ3) is 7.19. The van der Waals surface area contributed by atoms with Crippen molar-refractivity contribution in [2.24, 2.45) is 4.99 Å². The van der Waals surface area contributed by atoms with E-state index in [0.29, 0.717) is 19.7 Å². The molecule has 3 N–H and O–H groups in total. The van der Waals surface area contributed by atoms with E-state index in [-0.39, 0.29) is 0 Å². The number of nitrogens with one attached hydrogen (secondary N) is 3. The molecule has 0 fully saturated rings. The van der Waals surface area contributed by atoms with Gasteiger partial charge in [-0.3, -0.25) is 0 Å². The Balaban J connectivity index is 1.92. The molecular formula is C21H30N4O2. The zero-order valence-electron chi connectivity index (χ0n) is 16.4. The molecule has 0 spiro atoms. The first kappa shape index (κ1) is 20.6. The monoisotopic (exact) mass is 370 g/mol. The average molecular weight is 370 g/mol. The van der Waals surface area contributed by atoms with E-state index in [9.17, 15) is 0 Å². The molecule has 2 aromatic rings. The first-order chi connectivity index (χ1) is 13.3. The molecule has 0 bridgehead atoms. The lowest BCUT2D eigenvalue weighted by atomic mass is 10.2. The quantitative estimate of drug-likeness (QED) is 0.341. The van der Waals surface area contributed by atoms with Gasteiger partial charge in [-0.15, -0.1) is 0 Å². The van der Waals surface area contributed by atoms with Crippen LogP contribution in [0.3, 0.4) is 0 Å². The van der Waals surface area contributed by atoms with Gasteiger partial charge in [-0.1, -0.05) is 30.3 Å². The van der Waals surface area contributed by atoms with Crippen molar-refractivity contribution in [3.8, 4) is 5.75 Å². The zero-order valence-corrected chi connectivity index (χ0v) is 16.4. The number of rotatable bonds is 10. The van der Waals surface area contributed by atoms with Crippen LogP contribution in [0.4, 0.5) is 5.69 Å². The van der Waals surface area contributed by atoms with Crippen LogP contribution in [0.2, 0.25) is 0 Å². The molecule has 6 nitrogen and oxygen atoms in total. The zero-order chi connectivity index (χ0) is 19.3. The normalized spacial score (nSPS) is 11.1. The van der Waals surface area contributed by atoms with Crippen LogP contribution >= 0.6 is 0 Å². The third-order valence-electron chi connectivity index (χ3n) is 3.99. The number of anilines is 1. The van der Waals surface area contributed by atoms with E-state index in [0.717, 1.165) is 41.6 Å². The molecule has 6 heteroatoms. The van der Waals surface area contributed by atoms with E-state index in [1.165, 1.54) is 0 Å². The van der Waals surface area contributed by atoms with Crippen LogP contribution in [-0.4, -0.2) is 39.9 Å². The van der Waals surface area contributed by atoms with Crippen molar-refractivity contribution in [3.63, 3.8) is 0 Å². The van der Waals surface area contributed by atoms with Crippen LogP contribution < -0.4 is 20.7 Å². The lowest BCUT2D eigenvalue weighted by Crippen LogP contribution is -2.36. The molecule has 146 valence electrons. The van der Waals surface area contributed by atoms with Crippen molar-refractivity contribution in [2.45, 2.75) is 20.0 Å². The fourth-order valence-electron chi connectivity index (χ4n) is 2.57. The Morgan fingerprint density at radius 2 is 1.78 bits per heavy atom. The standard InChI is InChI=1S/C21H30N4O2/c1-4-22-21(25-16-18-7-5-6-8-20(18)27-3)24-15-17-9-11-19(12-10-17)23-13-14-26-2/h5-12,23H,4,13-16H2,1-3H3,(H2,22,24,25). The van der Waals surface area contributed by atoms with Crippen molar-refractivity contribution in [1.29, 1.82) is 0 Å². The van der Waals surface area contributed by atoms with Gasteiger partial charge in [-0.25, -0.2) is 4.99 Å². The van der Waals surface area contributed by atoms with Gasteiger partial charge in [-0.05, 0) is 30.7 Å². The van der Waals surface area contributed by atoms with Gasteiger partial charge in [0.05, 0.1) is 20.3 Å². The Bertz CT molecular complexity index is 702. The molecule has 0 aliphatic carbocycles. The predicted octanol–water partition coefficient (Wildman–Crippen LogP) is 3.01. The van der Waals surface area contributed by atoms with Gasteiger partial charge in [-0.2, -0.15) is 0 Å². The van der Waals surface area contributed by atoms with Crippen LogP contribution in [0.5, 0.6) is 5.75 Å². The second kappa shape index (κ2) is 11.8. The number of hydrogen-bond acceptors (Lipinski definition) is 4. The minimum absolute atomic E-state index is 0.611. The molecule has 0 amide bonds. The van der Waals surface area contributed by atoms with Gasteiger partial charge in [0, 0.05) is 38.0 Å². The van der Waals surface area contributed by atoms with Gasteiger partial charge in [0.15, 0.2) is 5.96 Å². The molecule has 0 saturated carbocycles. The highest BCUT2D eigenvalue weighted by Gasteiger charge is 2.03. The van der Waals surface area contributed by atoms with Gasteiger partial charge < -0.3 is 25.4 Å². The molecule has 0 aromatic heterocycles. The lowest BCUT2D eigenvalue weighted by molar-refractivity contribution is 0.211. The molecule has 0 aliphatic heterocycles. The number of benzene rings is 2. The maximum absolute atomic E-state index is 5.40. The third-order valence-corrected chi connectivity index (χ3v) is 3.99. The molecule has 0 aliphatic rings. The number of methoxy groups -OCH3 is 2. The van der Waals surface area contributed by atoms with Gasteiger partial charge in [0.2, 0.25) is 0 Å². The molecular weight excluding hydrogens is 340 g/mol. The summed E-state index contributed by atoms with van der Waals surface area (Å²) in [5, 5.41) is 9.95. The summed E-state index contributed by atoms with van der Waals surface area (Å²) in [6.07, 6.45) is 0. The summed E-state index contributed by atoms with van der Waals surface area (Å²) in [6.45, 7) is 5.61. The molecule has 27 heavy (non-hydrogen) atoms. The van der Waals surface area contributed by atoms with Crippen molar-refractivity contribution >= 4 is 11.6 Å². The predicted molar refractivity (Wildman–Crippen MR) is 111 cm³/mol.